The van der Waals surface area contributed by atoms with Crippen molar-refractivity contribution in [2.24, 2.45) is 5.92 Å². The molecule has 3 rings (SSSR count). The number of aliphatic hydroxyl groups is 1. The van der Waals surface area contributed by atoms with Crippen molar-refractivity contribution in [2.45, 2.75) is 98.1 Å². The first-order valence-electron chi connectivity index (χ1n) is 14.9. The number of esters is 2. The molecule has 0 saturated carbocycles. The average Bonchev–Trinajstić information content (AvgIpc) is 2.90. The minimum atomic E-state index is -1.39. The summed E-state index contributed by atoms with van der Waals surface area (Å²) in [6.45, 7) is 13.4. The molecule has 0 aliphatic carbocycles. The van der Waals surface area contributed by atoms with Crippen molar-refractivity contribution in [2.75, 3.05) is 19.5 Å². The highest BCUT2D eigenvalue weighted by Gasteiger charge is 2.43. The van der Waals surface area contributed by atoms with E-state index in [1.54, 1.807) is 39.2 Å². The van der Waals surface area contributed by atoms with Gasteiger partial charge in [0.05, 0.1) is 25.5 Å². The van der Waals surface area contributed by atoms with Crippen molar-refractivity contribution < 1.29 is 33.6 Å². The van der Waals surface area contributed by atoms with Gasteiger partial charge in [0, 0.05) is 32.5 Å². The lowest BCUT2D eigenvalue weighted by molar-refractivity contribution is -0.222. The van der Waals surface area contributed by atoms with Crippen molar-refractivity contribution in [1.82, 2.24) is 4.90 Å². The summed E-state index contributed by atoms with van der Waals surface area (Å²) < 4.78 is 22.1. The van der Waals surface area contributed by atoms with E-state index in [4.69, 9.17) is 18.9 Å². The van der Waals surface area contributed by atoms with E-state index in [0.717, 1.165) is 18.4 Å². The molecule has 236 valence electrons. The Kier molecular flexibility index (Phi) is 11.1. The number of methoxy groups -OCH3 is 2. The van der Waals surface area contributed by atoms with Gasteiger partial charge in [-0.2, -0.15) is 0 Å². The van der Waals surface area contributed by atoms with Gasteiger partial charge in [-0.15, -0.1) is 0 Å². The fraction of sp³-hybridized carbons (Fsp3) is 0.529. The SMILES string of the molecule is COc1ccc(NC(=C2C(=O)OC(C)(C)OC2=O)N(Cc2ccc(CC(C)C)cc2)C(C)CCCC(C)(C)O)c(OC)c1. The highest BCUT2D eigenvalue weighted by atomic mass is 16.7. The van der Waals surface area contributed by atoms with Gasteiger partial charge in [0.2, 0.25) is 0 Å². The monoisotopic (exact) mass is 596 g/mol. The number of hydrogen-bond donors (Lipinski definition) is 2. The highest BCUT2D eigenvalue weighted by Crippen LogP contribution is 2.34. The molecule has 1 aliphatic rings. The molecule has 0 amide bonds. The lowest BCUT2D eigenvalue weighted by Crippen LogP contribution is -2.45. The third kappa shape index (κ3) is 9.64. The Morgan fingerprint density at radius 1 is 0.977 bits per heavy atom. The van der Waals surface area contributed by atoms with Crippen LogP contribution >= 0.6 is 0 Å². The molecule has 0 aromatic heterocycles. The molecule has 1 heterocycles. The van der Waals surface area contributed by atoms with E-state index in [-0.39, 0.29) is 17.4 Å². The van der Waals surface area contributed by atoms with Gasteiger partial charge in [0.1, 0.15) is 17.3 Å². The molecule has 43 heavy (non-hydrogen) atoms. The average molecular weight is 597 g/mol. The van der Waals surface area contributed by atoms with Crippen molar-refractivity contribution in [3.05, 3.63) is 65.0 Å². The van der Waals surface area contributed by atoms with Crippen molar-refractivity contribution >= 4 is 17.6 Å². The van der Waals surface area contributed by atoms with Crippen LogP contribution in [0.1, 0.15) is 78.9 Å². The van der Waals surface area contributed by atoms with E-state index in [0.29, 0.717) is 42.5 Å². The van der Waals surface area contributed by atoms with Gasteiger partial charge in [0.15, 0.2) is 5.57 Å². The first-order chi connectivity index (χ1) is 20.1. The molecule has 1 aliphatic heterocycles. The van der Waals surface area contributed by atoms with E-state index in [1.807, 2.05) is 11.8 Å². The van der Waals surface area contributed by atoms with Crippen LogP contribution in [-0.4, -0.2) is 53.6 Å². The first-order valence-corrected chi connectivity index (χ1v) is 14.9. The predicted octanol–water partition coefficient (Wildman–Crippen LogP) is 6.19. The minimum absolute atomic E-state index is 0.160. The Bertz CT molecular complexity index is 1270. The topological polar surface area (TPSA) is 107 Å². The van der Waals surface area contributed by atoms with Crippen LogP contribution in [0.2, 0.25) is 0 Å². The van der Waals surface area contributed by atoms with Crippen LogP contribution in [0.5, 0.6) is 11.5 Å². The minimum Gasteiger partial charge on any atom is -0.497 e. The molecule has 1 saturated heterocycles. The Morgan fingerprint density at radius 3 is 2.12 bits per heavy atom. The quantitative estimate of drug-likeness (QED) is 0.150. The first kappa shape index (κ1) is 33.8. The Morgan fingerprint density at radius 2 is 1.58 bits per heavy atom. The van der Waals surface area contributed by atoms with Gasteiger partial charge >= 0.3 is 11.9 Å². The molecule has 0 radical (unpaired) electrons. The van der Waals surface area contributed by atoms with Crippen LogP contribution in [0.4, 0.5) is 5.69 Å². The molecule has 1 fully saturated rings. The summed E-state index contributed by atoms with van der Waals surface area (Å²) in [6, 6.07) is 13.5. The summed E-state index contributed by atoms with van der Waals surface area (Å²) in [6.07, 6.45) is 2.98. The molecule has 0 spiro atoms. The molecule has 1 unspecified atom stereocenters. The lowest BCUT2D eigenvalue weighted by Gasteiger charge is -2.37. The fourth-order valence-corrected chi connectivity index (χ4v) is 5.04. The third-order valence-corrected chi connectivity index (χ3v) is 7.23. The second-order valence-electron chi connectivity index (χ2n) is 12.7. The summed E-state index contributed by atoms with van der Waals surface area (Å²) in [7, 11) is 3.10. The standard InChI is InChI=1S/C34H48N2O7/c1-22(2)19-24-12-14-25(15-13-24)21-36(23(3)11-10-18-33(4,5)39)30(29-31(37)42-34(6,7)43-32(29)38)35-27-17-16-26(40-8)20-28(27)41-9/h12-17,20,22-23,35,39H,10-11,18-19,21H2,1-9H3. The van der Waals surface area contributed by atoms with E-state index >= 15 is 0 Å². The van der Waals surface area contributed by atoms with Gasteiger partial charge in [-0.3, -0.25) is 0 Å². The number of benzene rings is 2. The van der Waals surface area contributed by atoms with Crippen LogP contribution < -0.4 is 14.8 Å². The smallest absolute Gasteiger partial charge is 0.352 e. The maximum Gasteiger partial charge on any atom is 0.352 e. The molecule has 0 bridgehead atoms. The number of anilines is 1. The van der Waals surface area contributed by atoms with Gasteiger partial charge in [0.25, 0.3) is 5.79 Å². The number of carbonyl (C=O) groups is 2. The molecule has 2 N–H and O–H groups in total. The van der Waals surface area contributed by atoms with Crippen molar-refractivity contribution in [3.8, 4) is 11.5 Å². The Balaban J connectivity index is 2.14. The zero-order chi connectivity index (χ0) is 31.9. The summed E-state index contributed by atoms with van der Waals surface area (Å²) >= 11 is 0. The zero-order valence-electron chi connectivity index (χ0n) is 27.1. The van der Waals surface area contributed by atoms with E-state index in [9.17, 15) is 14.7 Å². The predicted molar refractivity (Wildman–Crippen MR) is 167 cm³/mol. The summed E-state index contributed by atoms with van der Waals surface area (Å²) in [5, 5.41) is 13.7. The van der Waals surface area contributed by atoms with Gasteiger partial charge < -0.3 is 34.3 Å². The number of ether oxygens (including phenoxy) is 4. The molecule has 9 nitrogen and oxygen atoms in total. The zero-order valence-corrected chi connectivity index (χ0v) is 27.1. The summed E-state index contributed by atoms with van der Waals surface area (Å²) in [5.41, 5.74) is 1.72. The van der Waals surface area contributed by atoms with Gasteiger partial charge in [-0.25, -0.2) is 9.59 Å². The molecule has 2 aromatic carbocycles. The molecule has 9 heteroatoms. The van der Waals surface area contributed by atoms with Crippen LogP contribution in [0, 0.1) is 5.92 Å². The Hall–Kier alpha value is -3.72. The molecule has 1 atom stereocenters. The third-order valence-electron chi connectivity index (χ3n) is 7.23. The largest absolute Gasteiger partial charge is 0.497 e. The second kappa shape index (κ2) is 14.2. The van der Waals surface area contributed by atoms with Crippen LogP contribution in [0.3, 0.4) is 0 Å². The molecule has 2 aromatic rings. The van der Waals surface area contributed by atoms with Crippen molar-refractivity contribution in [1.29, 1.82) is 0 Å². The lowest BCUT2D eigenvalue weighted by atomic mass is 9.98. The van der Waals surface area contributed by atoms with Crippen LogP contribution in [0.15, 0.2) is 53.9 Å². The molecular weight excluding hydrogens is 548 g/mol. The van der Waals surface area contributed by atoms with E-state index < -0.39 is 23.3 Å². The second-order valence-corrected chi connectivity index (χ2v) is 12.7. The van der Waals surface area contributed by atoms with Crippen LogP contribution in [0.25, 0.3) is 0 Å². The number of hydrogen-bond acceptors (Lipinski definition) is 9. The number of nitrogens with zero attached hydrogens (tertiary/aromatic N) is 1. The number of carbonyl (C=O) groups excluding carboxylic acids is 2. The summed E-state index contributed by atoms with van der Waals surface area (Å²) in [5.74, 6) is -1.12. The maximum absolute atomic E-state index is 13.4. The van der Waals surface area contributed by atoms with Gasteiger partial charge in [-0.05, 0) is 75.6 Å². The van der Waals surface area contributed by atoms with Crippen LogP contribution in [-0.2, 0) is 32.0 Å². The van der Waals surface area contributed by atoms with Gasteiger partial charge in [-0.1, -0.05) is 38.1 Å². The number of cyclic esters (lactones) is 2. The number of nitrogens with one attached hydrogen (secondary N) is 1. The number of rotatable bonds is 14. The fourth-order valence-electron chi connectivity index (χ4n) is 5.04. The maximum atomic E-state index is 13.4. The highest BCUT2D eigenvalue weighted by molar-refractivity contribution is 6.16. The Labute approximate surface area is 256 Å². The summed E-state index contributed by atoms with van der Waals surface area (Å²) in [4.78, 5) is 28.9. The van der Waals surface area contributed by atoms with E-state index in [2.05, 4.69) is 43.4 Å². The van der Waals surface area contributed by atoms with Crippen molar-refractivity contribution in [3.63, 3.8) is 0 Å². The van der Waals surface area contributed by atoms with E-state index in [1.165, 1.54) is 26.5 Å². The normalized spacial score (nSPS) is 15.5. The molecular formula is C34H48N2O7.